The number of carbonyl (C=O) groups is 1. The van der Waals surface area contributed by atoms with Gasteiger partial charge in [-0.1, -0.05) is 12.6 Å². The van der Waals surface area contributed by atoms with Crippen LogP contribution < -0.4 is 16.4 Å². The molecule has 0 bridgehead atoms. The Morgan fingerprint density at radius 2 is 2.27 bits per heavy atom. The summed E-state index contributed by atoms with van der Waals surface area (Å²) in [6.45, 7) is 4.57. The molecule has 1 aromatic rings. The highest BCUT2D eigenvalue weighted by atomic mass is 16.1. The average Bonchev–Trinajstić information content (AvgIpc) is 2.24. The SMILES string of the molecule is C=CC(=O)NCCNc1cccc(N)c1. The highest BCUT2D eigenvalue weighted by molar-refractivity contribution is 5.86. The van der Waals surface area contributed by atoms with E-state index in [1.807, 2.05) is 24.3 Å². The number of carbonyl (C=O) groups excluding carboxylic acids is 1. The first-order valence-electron chi connectivity index (χ1n) is 4.72. The van der Waals surface area contributed by atoms with E-state index < -0.39 is 0 Å². The van der Waals surface area contributed by atoms with E-state index in [2.05, 4.69) is 17.2 Å². The molecule has 80 valence electrons. The molecular weight excluding hydrogens is 190 g/mol. The highest BCUT2D eigenvalue weighted by Crippen LogP contribution is 2.10. The number of hydrogen-bond donors (Lipinski definition) is 3. The Morgan fingerprint density at radius 1 is 1.47 bits per heavy atom. The monoisotopic (exact) mass is 205 g/mol. The van der Waals surface area contributed by atoms with Crippen LogP contribution in [0.2, 0.25) is 0 Å². The van der Waals surface area contributed by atoms with Crippen molar-refractivity contribution in [3.05, 3.63) is 36.9 Å². The first-order valence-corrected chi connectivity index (χ1v) is 4.72. The Kier molecular flexibility index (Phi) is 4.22. The van der Waals surface area contributed by atoms with Gasteiger partial charge in [-0.2, -0.15) is 0 Å². The summed E-state index contributed by atoms with van der Waals surface area (Å²) in [5.74, 6) is -0.163. The number of amides is 1. The second-order valence-electron chi connectivity index (χ2n) is 3.05. The first kappa shape index (κ1) is 11.1. The highest BCUT2D eigenvalue weighted by Gasteiger charge is 1.94. The summed E-state index contributed by atoms with van der Waals surface area (Å²) in [6, 6.07) is 7.46. The number of nitrogens with two attached hydrogens (primary N) is 1. The van der Waals surface area contributed by atoms with E-state index in [0.29, 0.717) is 13.1 Å². The molecule has 4 N–H and O–H groups in total. The number of benzene rings is 1. The van der Waals surface area contributed by atoms with Crippen LogP contribution in [0, 0.1) is 0 Å². The predicted octanol–water partition coefficient (Wildman–Crippen LogP) is 0.983. The largest absolute Gasteiger partial charge is 0.399 e. The topological polar surface area (TPSA) is 67.2 Å². The maximum Gasteiger partial charge on any atom is 0.243 e. The normalized spacial score (nSPS) is 9.33. The molecule has 1 aromatic carbocycles. The standard InChI is InChI=1S/C11H15N3O/c1-2-11(15)14-7-6-13-10-5-3-4-9(12)8-10/h2-5,8,13H,1,6-7,12H2,(H,14,15). The maximum atomic E-state index is 10.8. The second-order valence-corrected chi connectivity index (χ2v) is 3.05. The Hall–Kier alpha value is -1.97. The van der Waals surface area contributed by atoms with E-state index in [0.717, 1.165) is 11.4 Å². The van der Waals surface area contributed by atoms with Crippen molar-refractivity contribution in [3.8, 4) is 0 Å². The van der Waals surface area contributed by atoms with Crippen molar-refractivity contribution < 1.29 is 4.79 Å². The molecule has 0 aliphatic carbocycles. The molecule has 0 saturated heterocycles. The van der Waals surface area contributed by atoms with Gasteiger partial charge >= 0.3 is 0 Å². The molecular formula is C11H15N3O. The van der Waals surface area contributed by atoms with Crippen molar-refractivity contribution in [2.45, 2.75) is 0 Å². The molecule has 1 amide bonds. The summed E-state index contributed by atoms with van der Waals surface area (Å²) in [7, 11) is 0. The van der Waals surface area contributed by atoms with Gasteiger partial charge in [-0.3, -0.25) is 4.79 Å². The summed E-state index contributed by atoms with van der Waals surface area (Å²) in [5.41, 5.74) is 7.27. The Labute approximate surface area is 89.2 Å². The van der Waals surface area contributed by atoms with Crippen LogP contribution in [0.1, 0.15) is 0 Å². The van der Waals surface area contributed by atoms with Gasteiger partial charge in [-0.05, 0) is 24.3 Å². The molecule has 0 radical (unpaired) electrons. The van der Waals surface area contributed by atoms with Crippen LogP contribution >= 0.6 is 0 Å². The van der Waals surface area contributed by atoms with Crippen LogP contribution in [0.3, 0.4) is 0 Å². The third-order valence-electron chi connectivity index (χ3n) is 1.83. The van der Waals surface area contributed by atoms with Gasteiger partial charge in [0.1, 0.15) is 0 Å². The lowest BCUT2D eigenvalue weighted by atomic mass is 10.3. The van der Waals surface area contributed by atoms with Gasteiger partial charge in [-0.25, -0.2) is 0 Å². The van der Waals surface area contributed by atoms with Crippen LogP contribution in [0.25, 0.3) is 0 Å². The van der Waals surface area contributed by atoms with Crippen LogP contribution in [0.4, 0.5) is 11.4 Å². The van der Waals surface area contributed by atoms with Gasteiger partial charge in [-0.15, -0.1) is 0 Å². The molecule has 0 fully saturated rings. The fourth-order valence-corrected chi connectivity index (χ4v) is 1.11. The number of rotatable bonds is 5. The maximum absolute atomic E-state index is 10.8. The molecule has 4 nitrogen and oxygen atoms in total. The molecule has 0 aromatic heterocycles. The lowest BCUT2D eigenvalue weighted by Crippen LogP contribution is -2.26. The van der Waals surface area contributed by atoms with E-state index >= 15 is 0 Å². The van der Waals surface area contributed by atoms with Crippen molar-refractivity contribution in [1.82, 2.24) is 5.32 Å². The Morgan fingerprint density at radius 3 is 2.93 bits per heavy atom. The second kappa shape index (κ2) is 5.70. The summed E-state index contributed by atoms with van der Waals surface area (Å²) in [6.07, 6.45) is 1.25. The lowest BCUT2D eigenvalue weighted by molar-refractivity contribution is -0.116. The molecule has 1 rings (SSSR count). The van der Waals surface area contributed by atoms with E-state index in [1.165, 1.54) is 6.08 Å². The fraction of sp³-hybridized carbons (Fsp3) is 0.182. The zero-order chi connectivity index (χ0) is 11.1. The van der Waals surface area contributed by atoms with Gasteiger partial charge in [0.2, 0.25) is 5.91 Å². The number of nitrogens with one attached hydrogen (secondary N) is 2. The van der Waals surface area contributed by atoms with E-state index in [4.69, 9.17) is 5.73 Å². The molecule has 0 spiro atoms. The molecule has 0 saturated carbocycles. The van der Waals surface area contributed by atoms with Crippen molar-refractivity contribution >= 4 is 17.3 Å². The molecule has 0 aliphatic heterocycles. The van der Waals surface area contributed by atoms with Gasteiger partial charge in [0, 0.05) is 24.5 Å². The van der Waals surface area contributed by atoms with Crippen LogP contribution in [-0.4, -0.2) is 19.0 Å². The first-order chi connectivity index (χ1) is 7.22. The predicted molar refractivity (Wildman–Crippen MR) is 62.6 cm³/mol. The van der Waals surface area contributed by atoms with Gasteiger partial charge < -0.3 is 16.4 Å². The number of nitrogen functional groups attached to an aromatic ring is 1. The minimum atomic E-state index is -0.163. The van der Waals surface area contributed by atoms with Crippen LogP contribution in [0.5, 0.6) is 0 Å². The van der Waals surface area contributed by atoms with Crippen molar-refractivity contribution in [2.24, 2.45) is 0 Å². The third kappa shape index (κ3) is 4.17. The smallest absolute Gasteiger partial charge is 0.243 e. The molecule has 0 unspecified atom stereocenters. The van der Waals surface area contributed by atoms with E-state index in [1.54, 1.807) is 0 Å². The minimum absolute atomic E-state index is 0.163. The number of hydrogen-bond acceptors (Lipinski definition) is 3. The molecule has 15 heavy (non-hydrogen) atoms. The van der Waals surface area contributed by atoms with Crippen molar-refractivity contribution in [1.29, 1.82) is 0 Å². The van der Waals surface area contributed by atoms with E-state index in [9.17, 15) is 4.79 Å². The van der Waals surface area contributed by atoms with Crippen LogP contribution in [-0.2, 0) is 4.79 Å². The zero-order valence-corrected chi connectivity index (χ0v) is 8.49. The van der Waals surface area contributed by atoms with Crippen LogP contribution in [0.15, 0.2) is 36.9 Å². The summed E-state index contributed by atoms with van der Waals surface area (Å²) < 4.78 is 0. The number of anilines is 2. The quantitative estimate of drug-likeness (QED) is 0.381. The fourth-order valence-electron chi connectivity index (χ4n) is 1.11. The average molecular weight is 205 g/mol. The molecule has 0 heterocycles. The van der Waals surface area contributed by atoms with Gasteiger partial charge in [0.15, 0.2) is 0 Å². The molecule has 0 aliphatic rings. The van der Waals surface area contributed by atoms with Crippen molar-refractivity contribution in [2.75, 3.05) is 24.1 Å². The molecule has 0 atom stereocenters. The summed E-state index contributed by atoms with van der Waals surface area (Å²) in [4.78, 5) is 10.8. The van der Waals surface area contributed by atoms with Gasteiger partial charge in [0.05, 0.1) is 0 Å². The molecule has 4 heteroatoms. The lowest BCUT2D eigenvalue weighted by Gasteiger charge is -2.07. The van der Waals surface area contributed by atoms with E-state index in [-0.39, 0.29) is 5.91 Å². The zero-order valence-electron chi connectivity index (χ0n) is 8.49. The minimum Gasteiger partial charge on any atom is -0.399 e. The third-order valence-corrected chi connectivity index (χ3v) is 1.83. The summed E-state index contributed by atoms with van der Waals surface area (Å²) >= 11 is 0. The Bertz CT molecular complexity index is 349. The Balaban J connectivity index is 2.26. The summed E-state index contributed by atoms with van der Waals surface area (Å²) in [5, 5.41) is 5.80. The van der Waals surface area contributed by atoms with Gasteiger partial charge in [0.25, 0.3) is 0 Å². The van der Waals surface area contributed by atoms with Crippen molar-refractivity contribution in [3.63, 3.8) is 0 Å².